The largest absolute Gasteiger partial charge is 0.463 e. The van der Waals surface area contributed by atoms with Crippen molar-refractivity contribution in [1.29, 1.82) is 0 Å². The molecule has 0 amide bonds. The molecule has 0 aromatic rings. The first kappa shape index (κ1) is 15.5. The van der Waals surface area contributed by atoms with Gasteiger partial charge in [0.05, 0.1) is 17.9 Å². The number of hydrogen-bond acceptors (Lipinski definition) is 6. The van der Waals surface area contributed by atoms with Crippen LogP contribution < -0.4 is 4.72 Å². The molecule has 2 bridgehead atoms. The predicted molar refractivity (Wildman–Crippen MR) is 76.1 cm³/mol. The highest BCUT2D eigenvalue weighted by molar-refractivity contribution is 7.90. The molecule has 2 aliphatic carbocycles. The minimum atomic E-state index is -3.24. The Kier molecular flexibility index (Phi) is 3.98. The number of carbonyl (C=O) groups is 2. The lowest BCUT2D eigenvalue weighted by atomic mass is 9.93. The average molecular weight is 329 g/mol. The van der Waals surface area contributed by atoms with E-state index in [2.05, 4.69) is 11.3 Å². The summed E-state index contributed by atoms with van der Waals surface area (Å²) in [6.45, 7) is 3.41. The van der Waals surface area contributed by atoms with Crippen molar-refractivity contribution in [3.05, 3.63) is 12.7 Å². The lowest BCUT2D eigenvalue weighted by molar-refractivity contribution is -0.153. The first-order chi connectivity index (χ1) is 10.4. The second-order valence-corrected chi connectivity index (χ2v) is 7.98. The van der Waals surface area contributed by atoms with E-state index in [-0.39, 0.29) is 48.2 Å². The Labute approximate surface area is 129 Å². The number of sulfonamides is 1. The highest BCUT2D eigenvalue weighted by Crippen LogP contribution is 2.52. The quantitative estimate of drug-likeness (QED) is 0.422. The molecule has 5 unspecified atom stereocenters. The van der Waals surface area contributed by atoms with E-state index in [0.717, 1.165) is 12.5 Å². The molecule has 3 fully saturated rings. The number of hydrogen-bond donors (Lipinski definition) is 1. The van der Waals surface area contributed by atoms with Crippen molar-refractivity contribution in [3.8, 4) is 0 Å². The van der Waals surface area contributed by atoms with E-state index in [1.54, 1.807) is 0 Å². The van der Waals surface area contributed by atoms with Crippen molar-refractivity contribution in [1.82, 2.24) is 4.72 Å². The van der Waals surface area contributed by atoms with Crippen LogP contribution in [0.4, 0.5) is 0 Å². The molecule has 1 aliphatic heterocycles. The van der Waals surface area contributed by atoms with E-state index in [9.17, 15) is 18.0 Å². The second kappa shape index (κ2) is 5.66. The van der Waals surface area contributed by atoms with Crippen molar-refractivity contribution in [3.63, 3.8) is 0 Å². The van der Waals surface area contributed by atoms with Gasteiger partial charge in [0.25, 0.3) is 0 Å². The third-order valence-electron chi connectivity index (χ3n) is 4.77. The summed E-state index contributed by atoms with van der Waals surface area (Å²) in [5.41, 5.74) is 0. The number of nitrogens with one attached hydrogen (secondary N) is 1. The summed E-state index contributed by atoms with van der Waals surface area (Å²) in [5, 5.41) is -0.309. The van der Waals surface area contributed by atoms with Crippen LogP contribution in [0.2, 0.25) is 0 Å². The highest BCUT2D eigenvalue weighted by Gasteiger charge is 2.63. The van der Waals surface area contributed by atoms with Crippen LogP contribution in [-0.2, 0) is 29.1 Å². The molecule has 7 nitrogen and oxygen atoms in total. The number of esters is 2. The van der Waals surface area contributed by atoms with Crippen molar-refractivity contribution in [2.45, 2.75) is 43.1 Å². The summed E-state index contributed by atoms with van der Waals surface area (Å²) in [7, 11) is -3.24. The third-order valence-corrected chi connectivity index (χ3v) is 6.71. The van der Waals surface area contributed by atoms with Gasteiger partial charge in [0.15, 0.2) is 0 Å². The van der Waals surface area contributed by atoms with Crippen molar-refractivity contribution < 1.29 is 27.5 Å². The molecular weight excluding hydrogens is 310 g/mol. The number of ether oxygens (including phenoxy) is 2. The standard InChI is InChI=1S/C14H19NO6S/c1-2-11(16)20-5-3-4-12(17)21-14-8-6-9-10(7-8)22(18,19)15-13(9)14/h2,8-10,13-15H,1,3-7H2. The summed E-state index contributed by atoms with van der Waals surface area (Å²) >= 11 is 0. The lowest BCUT2D eigenvalue weighted by Gasteiger charge is -2.26. The highest BCUT2D eigenvalue weighted by atomic mass is 32.2. The van der Waals surface area contributed by atoms with Gasteiger partial charge in [-0.1, -0.05) is 6.58 Å². The molecule has 1 N–H and O–H groups in total. The van der Waals surface area contributed by atoms with Crippen LogP contribution in [0.1, 0.15) is 25.7 Å². The number of rotatable bonds is 6. The Morgan fingerprint density at radius 3 is 2.82 bits per heavy atom. The van der Waals surface area contributed by atoms with Crippen LogP contribution in [-0.4, -0.2) is 44.4 Å². The minimum Gasteiger partial charge on any atom is -0.463 e. The van der Waals surface area contributed by atoms with Crippen molar-refractivity contribution in [2.24, 2.45) is 11.8 Å². The minimum absolute atomic E-state index is 0.0707. The summed E-state index contributed by atoms with van der Waals surface area (Å²) in [5.74, 6) is -0.698. The predicted octanol–water partition coefficient (Wildman–Crippen LogP) is 0.118. The summed E-state index contributed by atoms with van der Waals surface area (Å²) < 4.78 is 36.7. The Bertz CT molecular complexity index is 600. The van der Waals surface area contributed by atoms with E-state index < -0.39 is 16.0 Å². The molecule has 8 heteroatoms. The molecule has 22 heavy (non-hydrogen) atoms. The monoisotopic (exact) mass is 329 g/mol. The SMILES string of the molecule is C=CC(=O)OCCCC(=O)OC1C2CC3C1NS(=O)(=O)C3C2. The van der Waals surface area contributed by atoms with Gasteiger partial charge < -0.3 is 9.47 Å². The Morgan fingerprint density at radius 1 is 1.32 bits per heavy atom. The molecule has 1 saturated heterocycles. The smallest absolute Gasteiger partial charge is 0.330 e. The zero-order chi connectivity index (χ0) is 15.9. The van der Waals surface area contributed by atoms with E-state index in [1.807, 2.05) is 0 Å². The van der Waals surface area contributed by atoms with Gasteiger partial charge in [-0.2, -0.15) is 0 Å². The summed E-state index contributed by atoms with van der Waals surface area (Å²) in [6, 6.07) is -0.267. The lowest BCUT2D eigenvalue weighted by Crippen LogP contribution is -2.41. The Balaban J connectivity index is 1.47. The first-order valence-electron chi connectivity index (χ1n) is 7.42. The fourth-order valence-corrected chi connectivity index (χ4v) is 5.97. The van der Waals surface area contributed by atoms with Crippen LogP contribution in [0, 0.1) is 11.8 Å². The van der Waals surface area contributed by atoms with Crippen LogP contribution in [0.3, 0.4) is 0 Å². The number of fused-ring (bicyclic) bond motifs is 1. The molecule has 0 aromatic carbocycles. The van der Waals surface area contributed by atoms with Crippen LogP contribution in [0.5, 0.6) is 0 Å². The molecule has 0 spiro atoms. The molecule has 2 saturated carbocycles. The molecule has 0 aromatic heterocycles. The van der Waals surface area contributed by atoms with Crippen LogP contribution >= 0.6 is 0 Å². The molecular formula is C14H19NO6S. The molecule has 0 radical (unpaired) electrons. The van der Waals surface area contributed by atoms with Crippen LogP contribution in [0.15, 0.2) is 12.7 Å². The number of carbonyl (C=O) groups excluding carboxylic acids is 2. The topological polar surface area (TPSA) is 98.8 Å². The maximum Gasteiger partial charge on any atom is 0.330 e. The summed E-state index contributed by atoms with van der Waals surface area (Å²) in [6.07, 6.45) is 2.60. The Hall–Kier alpha value is -1.41. The van der Waals surface area contributed by atoms with Gasteiger partial charge in [-0.3, -0.25) is 4.79 Å². The third kappa shape index (κ3) is 2.65. The maximum atomic E-state index is 11.9. The second-order valence-electron chi connectivity index (χ2n) is 6.05. The van der Waals surface area contributed by atoms with Gasteiger partial charge in [0.1, 0.15) is 6.10 Å². The zero-order valence-electron chi connectivity index (χ0n) is 12.1. The van der Waals surface area contributed by atoms with Crippen LogP contribution in [0.25, 0.3) is 0 Å². The zero-order valence-corrected chi connectivity index (χ0v) is 12.9. The first-order valence-corrected chi connectivity index (χ1v) is 8.97. The van der Waals surface area contributed by atoms with Gasteiger partial charge in [0.2, 0.25) is 10.0 Å². The van der Waals surface area contributed by atoms with E-state index >= 15 is 0 Å². The van der Waals surface area contributed by atoms with Crippen molar-refractivity contribution in [2.75, 3.05) is 6.61 Å². The van der Waals surface area contributed by atoms with E-state index in [4.69, 9.17) is 9.47 Å². The average Bonchev–Trinajstić information content (AvgIpc) is 3.07. The fourth-order valence-electron chi connectivity index (χ4n) is 3.87. The maximum absolute atomic E-state index is 11.9. The normalized spacial score (nSPS) is 37.0. The molecule has 5 atom stereocenters. The van der Waals surface area contributed by atoms with Crippen molar-refractivity contribution >= 4 is 22.0 Å². The molecule has 3 rings (SSSR count). The molecule has 122 valence electrons. The Morgan fingerprint density at radius 2 is 2.09 bits per heavy atom. The molecule has 3 aliphatic rings. The van der Waals surface area contributed by atoms with Gasteiger partial charge in [-0.05, 0) is 31.1 Å². The van der Waals surface area contributed by atoms with Gasteiger partial charge >= 0.3 is 11.9 Å². The van der Waals surface area contributed by atoms with Gasteiger partial charge in [-0.15, -0.1) is 0 Å². The van der Waals surface area contributed by atoms with Gasteiger partial charge in [0, 0.05) is 12.5 Å². The van der Waals surface area contributed by atoms with Gasteiger partial charge in [-0.25, -0.2) is 17.9 Å². The van der Waals surface area contributed by atoms with E-state index in [0.29, 0.717) is 12.8 Å². The van der Waals surface area contributed by atoms with E-state index in [1.165, 1.54) is 0 Å². The summed E-state index contributed by atoms with van der Waals surface area (Å²) in [4.78, 5) is 22.7. The molecule has 1 heterocycles. The fraction of sp³-hybridized carbons (Fsp3) is 0.714.